The number of ether oxygens (including phenoxy) is 2. The molecular formula is C20H25BN2O7. The summed E-state index contributed by atoms with van der Waals surface area (Å²) < 4.78 is 22.3. The quantitative estimate of drug-likeness (QED) is 0.625. The van der Waals surface area contributed by atoms with E-state index in [-0.39, 0.29) is 46.9 Å². The van der Waals surface area contributed by atoms with E-state index in [1.54, 1.807) is 11.0 Å². The summed E-state index contributed by atoms with van der Waals surface area (Å²) in [7, 11) is 2.82. The van der Waals surface area contributed by atoms with Gasteiger partial charge in [-0.1, -0.05) is 0 Å². The number of aromatic carboxylic acids is 1. The van der Waals surface area contributed by atoms with Gasteiger partial charge in [-0.2, -0.15) is 0 Å². The van der Waals surface area contributed by atoms with Crippen molar-refractivity contribution in [2.24, 2.45) is 0 Å². The molecule has 1 aliphatic carbocycles. The first-order chi connectivity index (χ1) is 14.4. The van der Waals surface area contributed by atoms with Crippen LogP contribution in [0.3, 0.4) is 0 Å². The summed E-state index contributed by atoms with van der Waals surface area (Å²) in [6.45, 7) is 2.92. The maximum absolute atomic E-state index is 12.4. The number of likely N-dealkylation sites (N-methyl/N-ethyl adjacent to an activating group) is 1. The standard InChI is InChI=1S/C20H25BN2O7/c1-22-4-5-29-11(8-22)6-17(24)23-9-12(10-23)30-16-3-2-13(14-7-15(14)21-28)19(25)18(16)20(26)27/h2-3,11-12,14-15,25H,4-10H2,1H3,(H,26,27). The summed E-state index contributed by atoms with van der Waals surface area (Å²) >= 11 is 0. The predicted octanol–water partition coefficient (Wildman–Crippen LogP) is 0.726. The number of carboxylic acid groups (broad SMARTS) is 1. The van der Waals surface area contributed by atoms with Gasteiger partial charge in [0.15, 0.2) is 0 Å². The Hall–Kier alpha value is -2.46. The molecule has 3 aliphatic rings. The Morgan fingerprint density at radius 2 is 2.07 bits per heavy atom. The molecule has 4 rings (SSSR count). The molecule has 0 spiro atoms. The van der Waals surface area contributed by atoms with Crippen molar-refractivity contribution >= 4 is 19.0 Å². The van der Waals surface area contributed by atoms with Crippen molar-refractivity contribution in [3.63, 3.8) is 0 Å². The van der Waals surface area contributed by atoms with Crippen molar-refractivity contribution in [1.82, 2.24) is 9.80 Å². The second-order valence-electron chi connectivity index (χ2n) is 8.32. The Morgan fingerprint density at radius 3 is 2.70 bits per heavy atom. The van der Waals surface area contributed by atoms with Crippen LogP contribution in [0, 0.1) is 0 Å². The molecule has 0 radical (unpaired) electrons. The first-order valence-corrected chi connectivity index (χ1v) is 10.2. The summed E-state index contributed by atoms with van der Waals surface area (Å²) in [6.07, 6.45) is 0.468. The van der Waals surface area contributed by atoms with Gasteiger partial charge >= 0.3 is 132 Å². The Morgan fingerprint density at radius 1 is 1.30 bits per heavy atom. The Bertz CT molecular complexity index is 858. The molecule has 2 saturated heterocycles. The molecule has 2 aliphatic heterocycles. The molecule has 1 aromatic rings. The van der Waals surface area contributed by atoms with Crippen molar-refractivity contribution in [1.29, 1.82) is 0 Å². The predicted molar refractivity (Wildman–Crippen MR) is 105 cm³/mol. The summed E-state index contributed by atoms with van der Waals surface area (Å²) in [6, 6.07) is 3.14. The summed E-state index contributed by atoms with van der Waals surface area (Å²) in [4.78, 5) is 27.9. The van der Waals surface area contributed by atoms with Crippen LogP contribution >= 0.6 is 0 Å². The van der Waals surface area contributed by atoms with E-state index >= 15 is 0 Å². The van der Waals surface area contributed by atoms with Gasteiger partial charge in [-0.25, -0.2) is 0 Å². The van der Waals surface area contributed by atoms with Gasteiger partial charge in [0.2, 0.25) is 0 Å². The molecule has 30 heavy (non-hydrogen) atoms. The van der Waals surface area contributed by atoms with Crippen molar-refractivity contribution in [3.05, 3.63) is 23.3 Å². The number of hydrogen-bond acceptors (Lipinski definition) is 7. The molecule has 3 fully saturated rings. The number of benzene rings is 1. The van der Waals surface area contributed by atoms with Crippen LogP contribution in [0.25, 0.3) is 0 Å². The smallest absolute Gasteiger partial charge is 0.0248 e. The number of phenols is 1. The van der Waals surface area contributed by atoms with Crippen molar-refractivity contribution < 1.29 is 34.0 Å². The Labute approximate surface area is 174 Å². The first kappa shape index (κ1) is 20.8. The molecule has 160 valence electrons. The third-order valence-corrected chi connectivity index (χ3v) is 6.04. The molecule has 0 aromatic heterocycles. The molecule has 3 unspecified atom stereocenters. The van der Waals surface area contributed by atoms with Gasteiger partial charge in [0.1, 0.15) is 0 Å². The Balaban J connectivity index is 1.35. The first-order valence-electron chi connectivity index (χ1n) is 10.2. The summed E-state index contributed by atoms with van der Waals surface area (Å²) in [5.74, 6) is -1.91. The molecule has 10 heteroatoms. The van der Waals surface area contributed by atoms with Crippen LogP contribution in [-0.2, 0) is 14.2 Å². The van der Waals surface area contributed by atoms with Gasteiger partial charge in [0, 0.05) is 13.1 Å². The van der Waals surface area contributed by atoms with Crippen LogP contribution in [0.4, 0.5) is 0 Å². The fraction of sp³-hybridized carbons (Fsp3) is 0.600. The maximum atomic E-state index is 12.4. The van der Waals surface area contributed by atoms with E-state index in [9.17, 15) is 24.5 Å². The van der Waals surface area contributed by atoms with Gasteiger partial charge in [0.25, 0.3) is 0 Å². The molecule has 1 saturated carbocycles. The van der Waals surface area contributed by atoms with Gasteiger partial charge in [-0.3, -0.25) is 0 Å². The molecule has 2 heterocycles. The van der Waals surface area contributed by atoms with E-state index in [0.29, 0.717) is 38.1 Å². The van der Waals surface area contributed by atoms with E-state index in [1.165, 1.54) is 6.07 Å². The molecule has 1 aromatic carbocycles. The van der Waals surface area contributed by atoms with Crippen LogP contribution in [0.1, 0.15) is 34.7 Å². The van der Waals surface area contributed by atoms with Crippen molar-refractivity contribution in [2.45, 2.75) is 36.8 Å². The average molecular weight is 416 g/mol. The zero-order valence-corrected chi connectivity index (χ0v) is 16.8. The summed E-state index contributed by atoms with van der Waals surface area (Å²) in [5.41, 5.74) is 0.159. The number of hydrogen-bond donors (Lipinski definition) is 2. The summed E-state index contributed by atoms with van der Waals surface area (Å²) in [5, 5.41) is 20.0. The third kappa shape index (κ3) is 4.20. The van der Waals surface area contributed by atoms with E-state index in [2.05, 4.69) is 4.90 Å². The molecular weight excluding hydrogens is 391 g/mol. The van der Waals surface area contributed by atoms with Gasteiger partial charge in [-0.15, -0.1) is 0 Å². The third-order valence-electron chi connectivity index (χ3n) is 6.04. The normalized spacial score (nSPS) is 26.6. The number of rotatable bonds is 7. The molecule has 3 atom stereocenters. The van der Waals surface area contributed by atoms with Crippen molar-refractivity contribution in [3.8, 4) is 11.5 Å². The van der Waals surface area contributed by atoms with Gasteiger partial charge < -0.3 is 9.64 Å². The van der Waals surface area contributed by atoms with Crippen LogP contribution in [-0.4, -0.2) is 91.1 Å². The topological polar surface area (TPSA) is 117 Å². The maximum Gasteiger partial charge on any atom is 0.0248 e. The van der Waals surface area contributed by atoms with Gasteiger partial charge in [-0.05, 0) is 7.05 Å². The number of aromatic hydroxyl groups is 1. The molecule has 1 amide bonds. The molecule has 2 N–H and O–H groups in total. The van der Waals surface area contributed by atoms with E-state index in [4.69, 9.17) is 9.47 Å². The Kier molecular flexibility index (Phi) is 5.79. The average Bonchev–Trinajstić information content (AvgIpc) is 3.43. The minimum absolute atomic E-state index is 0.0135. The minimum atomic E-state index is -1.29. The minimum Gasteiger partial charge on any atom is 0.0248 e. The van der Waals surface area contributed by atoms with Crippen LogP contribution in [0.5, 0.6) is 11.5 Å². The van der Waals surface area contributed by atoms with Gasteiger partial charge in [0.05, 0.1) is 12.7 Å². The second kappa shape index (κ2) is 8.35. The van der Waals surface area contributed by atoms with E-state index in [0.717, 1.165) is 20.2 Å². The van der Waals surface area contributed by atoms with E-state index < -0.39 is 5.97 Å². The number of amides is 1. The van der Waals surface area contributed by atoms with Crippen LogP contribution < -0.4 is 4.74 Å². The van der Waals surface area contributed by atoms with Crippen LogP contribution in [0.2, 0.25) is 5.82 Å². The van der Waals surface area contributed by atoms with Crippen molar-refractivity contribution in [2.75, 3.05) is 39.8 Å². The molecule has 0 bridgehead atoms. The number of carboxylic acids is 1. The second-order valence-corrected chi connectivity index (χ2v) is 8.32. The largest absolute Gasteiger partial charge is 0.0248 e. The zero-order chi connectivity index (χ0) is 21.4. The van der Waals surface area contributed by atoms with Crippen LogP contribution in [0.15, 0.2) is 12.1 Å². The fourth-order valence-corrected chi connectivity index (χ4v) is 4.13. The number of morpholine rings is 1. The molecule has 9 nitrogen and oxygen atoms in total. The number of nitrogens with zero attached hydrogens (tertiary/aromatic N) is 2. The monoisotopic (exact) mass is 416 g/mol. The number of likely N-dealkylation sites (tertiary alicyclic amines) is 1. The SMILES string of the molecule is CN1CCOC(CC(=O)N2CC(Oc3ccc(C4CC4B=O)c(O)c3C(=O)O)C2)C1. The fourth-order valence-electron chi connectivity index (χ4n) is 4.13. The number of carbonyl (C=O) groups excluding carboxylic acids is 1. The number of carbonyl (C=O) groups is 2. The van der Waals surface area contributed by atoms with E-state index in [1.807, 2.05) is 7.05 Å². The zero-order valence-electron chi connectivity index (χ0n) is 16.8.